The number of rotatable bonds is 3. The molecule has 1 saturated carbocycles. The van der Waals surface area contributed by atoms with Gasteiger partial charge in [-0.2, -0.15) is 8.42 Å². The average molecular weight is 284 g/mol. The van der Waals surface area contributed by atoms with Crippen molar-refractivity contribution in [2.45, 2.75) is 56.1 Å². The smallest absolute Gasteiger partial charge is 0.297 e. The molecule has 2 atom stereocenters. The molecule has 1 aliphatic carbocycles. The van der Waals surface area contributed by atoms with Gasteiger partial charge in [-0.25, -0.2) is 0 Å². The molecule has 4 nitrogen and oxygen atoms in total. The number of hydrogen-bond donors (Lipinski definition) is 1. The summed E-state index contributed by atoms with van der Waals surface area (Å²) >= 11 is 0. The van der Waals surface area contributed by atoms with Gasteiger partial charge in [0.1, 0.15) is 6.10 Å². The molecule has 2 rings (SSSR count). The first-order valence-corrected chi connectivity index (χ1v) is 7.94. The van der Waals surface area contributed by atoms with Crippen LogP contribution < -0.4 is 0 Å². The molecule has 0 bridgehead atoms. The molecule has 1 fully saturated rings. The lowest BCUT2D eigenvalue weighted by Gasteiger charge is -2.35. The van der Waals surface area contributed by atoms with Gasteiger partial charge in [-0.15, -0.1) is 0 Å². The zero-order valence-corrected chi connectivity index (χ0v) is 12.1. The van der Waals surface area contributed by atoms with Crippen molar-refractivity contribution < 1.29 is 17.7 Å². The summed E-state index contributed by atoms with van der Waals surface area (Å²) in [5, 5.41) is 10.2. The summed E-state index contributed by atoms with van der Waals surface area (Å²) in [7, 11) is -3.81. The Balaban J connectivity index is 2.19. The molecule has 0 aliphatic heterocycles. The van der Waals surface area contributed by atoms with Crippen molar-refractivity contribution in [1.82, 2.24) is 0 Å². The van der Waals surface area contributed by atoms with Gasteiger partial charge in [0.15, 0.2) is 0 Å². The SMILES string of the molecule is Cc1ccc(S(=O)(=O)OC2CCCCC2(C)O)cc1. The highest BCUT2D eigenvalue weighted by Gasteiger charge is 2.38. The van der Waals surface area contributed by atoms with Gasteiger partial charge >= 0.3 is 0 Å². The van der Waals surface area contributed by atoms with Crippen LogP contribution in [0.3, 0.4) is 0 Å². The molecule has 0 saturated heterocycles. The van der Waals surface area contributed by atoms with Crippen LogP contribution in [0, 0.1) is 6.92 Å². The zero-order valence-electron chi connectivity index (χ0n) is 11.3. The zero-order chi connectivity index (χ0) is 14.1. The fraction of sp³-hybridized carbons (Fsp3) is 0.571. The molecular formula is C14H20O4S. The maximum Gasteiger partial charge on any atom is 0.297 e. The van der Waals surface area contributed by atoms with E-state index >= 15 is 0 Å². The number of aliphatic hydroxyl groups is 1. The monoisotopic (exact) mass is 284 g/mol. The predicted molar refractivity (Wildman–Crippen MR) is 72.3 cm³/mol. The van der Waals surface area contributed by atoms with Crippen LogP contribution in [0.4, 0.5) is 0 Å². The molecule has 19 heavy (non-hydrogen) atoms. The van der Waals surface area contributed by atoms with Crippen LogP contribution >= 0.6 is 0 Å². The van der Waals surface area contributed by atoms with Crippen LogP contribution in [0.1, 0.15) is 38.2 Å². The van der Waals surface area contributed by atoms with Crippen LogP contribution in [-0.2, 0) is 14.3 Å². The lowest BCUT2D eigenvalue weighted by molar-refractivity contribution is -0.0712. The lowest BCUT2D eigenvalue weighted by atomic mass is 9.84. The highest BCUT2D eigenvalue weighted by atomic mass is 32.2. The Bertz CT molecular complexity index is 531. The molecule has 2 unspecified atom stereocenters. The van der Waals surface area contributed by atoms with E-state index in [0.717, 1.165) is 18.4 Å². The van der Waals surface area contributed by atoms with Crippen molar-refractivity contribution in [3.8, 4) is 0 Å². The van der Waals surface area contributed by atoms with E-state index in [0.29, 0.717) is 12.8 Å². The molecule has 0 aromatic heterocycles. The third-order valence-corrected chi connectivity index (χ3v) is 4.98. The first-order valence-electron chi connectivity index (χ1n) is 6.54. The maximum atomic E-state index is 12.2. The third-order valence-electron chi connectivity index (χ3n) is 3.65. The number of aryl methyl sites for hydroxylation is 1. The highest BCUT2D eigenvalue weighted by Crippen LogP contribution is 2.32. The standard InChI is InChI=1S/C14H20O4S/c1-11-6-8-12(9-7-11)19(16,17)18-13-5-3-4-10-14(13,2)15/h6-9,13,15H,3-5,10H2,1-2H3. The summed E-state index contributed by atoms with van der Waals surface area (Å²) in [5.74, 6) is 0. The lowest BCUT2D eigenvalue weighted by Crippen LogP contribution is -2.44. The quantitative estimate of drug-likeness (QED) is 0.866. The van der Waals surface area contributed by atoms with Crippen LogP contribution in [0.15, 0.2) is 29.2 Å². The molecular weight excluding hydrogens is 264 g/mol. The van der Waals surface area contributed by atoms with E-state index in [-0.39, 0.29) is 4.90 Å². The van der Waals surface area contributed by atoms with Crippen molar-refractivity contribution in [2.75, 3.05) is 0 Å². The van der Waals surface area contributed by atoms with Crippen LogP contribution in [-0.4, -0.2) is 25.2 Å². The first-order chi connectivity index (χ1) is 8.81. The Labute approximate surface area is 114 Å². The summed E-state index contributed by atoms with van der Waals surface area (Å²) in [6.07, 6.45) is 2.26. The largest absolute Gasteiger partial charge is 0.387 e. The summed E-state index contributed by atoms with van der Waals surface area (Å²) in [6, 6.07) is 6.52. The van der Waals surface area contributed by atoms with Gasteiger partial charge in [0, 0.05) is 0 Å². The van der Waals surface area contributed by atoms with Crippen LogP contribution in [0.2, 0.25) is 0 Å². The van der Waals surface area contributed by atoms with Gasteiger partial charge in [0.2, 0.25) is 0 Å². The van der Waals surface area contributed by atoms with Crippen molar-refractivity contribution in [1.29, 1.82) is 0 Å². The minimum absolute atomic E-state index is 0.138. The van der Waals surface area contributed by atoms with Gasteiger partial charge in [-0.05, 0) is 38.8 Å². The summed E-state index contributed by atoms with van der Waals surface area (Å²) in [6.45, 7) is 3.53. The van der Waals surface area contributed by atoms with Crippen LogP contribution in [0.5, 0.6) is 0 Å². The first kappa shape index (κ1) is 14.5. The van der Waals surface area contributed by atoms with Gasteiger partial charge in [0.05, 0.1) is 10.5 Å². The van der Waals surface area contributed by atoms with Crippen molar-refractivity contribution in [3.05, 3.63) is 29.8 Å². The molecule has 1 aromatic carbocycles. The number of benzene rings is 1. The molecule has 1 aliphatic rings. The van der Waals surface area contributed by atoms with E-state index in [1.807, 2.05) is 6.92 Å². The summed E-state index contributed by atoms with van der Waals surface area (Å²) < 4.78 is 29.6. The normalized spacial score (nSPS) is 28.3. The van der Waals surface area contributed by atoms with E-state index in [4.69, 9.17) is 4.18 Å². The Kier molecular flexibility index (Phi) is 3.99. The predicted octanol–water partition coefficient (Wildman–Crippen LogP) is 2.39. The molecule has 1 aromatic rings. The average Bonchev–Trinajstić information content (AvgIpc) is 2.32. The Morgan fingerprint density at radius 1 is 1.26 bits per heavy atom. The maximum absolute atomic E-state index is 12.2. The molecule has 5 heteroatoms. The second kappa shape index (κ2) is 5.23. The molecule has 0 heterocycles. The molecule has 106 valence electrons. The van der Waals surface area contributed by atoms with E-state index < -0.39 is 21.8 Å². The van der Waals surface area contributed by atoms with Crippen molar-refractivity contribution >= 4 is 10.1 Å². The van der Waals surface area contributed by atoms with Crippen molar-refractivity contribution in [3.63, 3.8) is 0 Å². The number of hydrogen-bond acceptors (Lipinski definition) is 4. The Morgan fingerprint density at radius 2 is 1.89 bits per heavy atom. The van der Waals surface area contributed by atoms with Gasteiger partial charge in [-0.3, -0.25) is 4.18 Å². The van der Waals surface area contributed by atoms with E-state index in [9.17, 15) is 13.5 Å². The second-order valence-corrected chi connectivity index (χ2v) is 7.03. The second-order valence-electron chi connectivity index (χ2n) is 5.45. The molecule has 0 radical (unpaired) electrons. The van der Waals surface area contributed by atoms with Gasteiger partial charge < -0.3 is 5.11 Å². The van der Waals surface area contributed by atoms with Gasteiger partial charge in [-0.1, -0.05) is 30.5 Å². The molecule has 1 N–H and O–H groups in total. The van der Waals surface area contributed by atoms with E-state index in [1.54, 1.807) is 19.1 Å². The summed E-state index contributed by atoms with van der Waals surface area (Å²) in [5.41, 5.74) is -0.0839. The minimum Gasteiger partial charge on any atom is -0.387 e. The fourth-order valence-electron chi connectivity index (χ4n) is 2.35. The van der Waals surface area contributed by atoms with Crippen LogP contribution in [0.25, 0.3) is 0 Å². The van der Waals surface area contributed by atoms with Crippen molar-refractivity contribution in [2.24, 2.45) is 0 Å². The van der Waals surface area contributed by atoms with Gasteiger partial charge in [0.25, 0.3) is 10.1 Å². The Hall–Kier alpha value is -0.910. The topological polar surface area (TPSA) is 63.6 Å². The molecule has 0 spiro atoms. The fourth-order valence-corrected chi connectivity index (χ4v) is 3.54. The summed E-state index contributed by atoms with van der Waals surface area (Å²) in [4.78, 5) is 0.138. The minimum atomic E-state index is -3.81. The van der Waals surface area contributed by atoms with E-state index in [1.165, 1.54) is 12.1 Å². The Morgan fingerprint density at radius 3 is 2.47 bits per heavy atom. The third kappa shape index (κ3) is 3.35. The molecule has 0 amide bonds. The van der Waals surface area contributed by atoms with E-state index in [2.05, 4.69) is 0 Å². The highest BCUT2D eigenvalue weighted by molar-refractivity contribution is 7.86.